The Bertz CT molecular complexity index is 289. The molecule has 1 heterocycles. The molecule has 1 radical (unpaired) electrons. The van der Waals surface area contributed by atoms with E-state index in [0.717, 1.165) is 30.4 Å². The van der Waals surface area contributed by atoms with Gasteiger partial charge in [0.1, 0.15) is 6.10 Å². The Kier molecular flexibility index (Phi) is 2.81. The Morgan fingerprint density at radius 2 is 2.21 bits per heavy atom. The molecule has 1 aromatic heterocycles. The summed E-state index contributed by atoms with van der Waals surface area (Å²) in [6, 6.07) is 1.59. The first kappa shape index (κ1) is 9.24. The van der Waals surface area contributed by atoms with Crippen molar-refractivity contribution in [3.63, 3.8) is 0 Å². The number of hydrogen-bond acceptors (Lipinski definition) is 3. The molecule has 0 spiro atoms. The Morgan fingerprint density at radius 1 is 1.43 bits per heavy atom. The van der Waals surface area contributed by atoms with E-state index in [9.17, 15) is 4.79 Å². The first-order chi connectivity index (χ1) is 6.86. The lowest BCUT2D eigenvalue weighted by Crippen LogP contribution is -2.24. The van der Waals surface area contributed by atoms with Gasteiger partial charge in [-0.25, -0.2) is 4.79 Å². The lowest BCUT2D eigenvalue weighted by molar-refractivity contribution is 0.0739. The number of aromatic nitrogens is 2. The molecule has 0 atom stereocenters. The van der Waals surface area contributed by atoms with Gasteiger partial charge in [-0.3, -0.25) is 0 Å². The molecule has 14 heavy (non-hydrogen) atoms. The molecule has 0 aromatic carbocycles. The van der Waals surface area contributed by atoms with Crippen LogP contribution in [0.5, 0.6) is 0 Å². The smallest absolute Gasteiger partial charge is 0.435 e. The fraction of sp³-hybridized carbons (Fsp3) is 0.600. The average molecular weight is 193 g/mol. The van der Waals surface area contributed by atoms with Crippen molar-refractivity contribution in [2.45, 2.75) is 38.2 Å². The third-order valence-corrected chi connectivity index (χ3v) is 2.45. The third kappa shape index (κ3) is 2.13. The molecule has 0 aliphatic heterocycles. The molecule has 1 aliphatic carbocycles. The second kappa shape index (κ2) is 4.26. The summed E-state index contributed by atoms with van der Waals surface area (Å²) in [4.78, 5) is 11.4. The Balaban J connectivity index is 1.87. The van der Waals surface area contributed by atoms with Crippen molar-refractivity contribution in [2.75, 3.05) is 0 Å². The first-order valence-corrected chi connectivity index (χ1v) is 4.99. The number of carbonyl (C=O) groups is 1. The molecule has 0 amide bonds. The molecule has 75 valence electrons. The summed E-state index contributed by atoms with van der Waals surface area (Å²) in [7, 11) is 0. The van der Waals surface area contributed by atoms with E-state index in [4.69, 9.17) is 4.74 Å². The summed E-state index contributed by atoms with van der Waals surface area (Å²) in [6.45, 7) is 0. The number of carbonyl (C=O) groups excluding carboxylic acids is 1. The highest BCUT2D eigenvalue weighted by molar-refractivity contribution is 5.69. The van der Waals surface area contributed by atoms with Crippen LogP contribution in [-0.2, 0) is 4.74 Å². The van der Waals surface area contributed by atoms with E-state index in [1.807, 2.05) is 0 Å². The van der Waals surface area contributed by atoms with Gasteiger partial charge in [0, 0.05) is 0 Å². The van der Waals surface area contributed by atoms with Crippen molar-refractivity contribution < 1.29 is 9.53 Å². The van der Waals surface area contributed by atoms with Crippen molar-refractivity contribution in [3.8, 4) is 0 Å². The number of nitrogens with zero attached hydrogens (tertiary/aromatic N) is 2. The maximum absolute atomic E-state index is 11.4. The zero-order valence-corrected chi connectivity index (χ0v) is 7.98. The highest BCUT2D eigenvalue weighted by atomic mass is 16.6. The van der Waals surface area contributed by atoms with Crippen LogP contribution in [0.2, 0.25) is 0 Å². The zero-order valence-electron chi connectivity index (χ0n) is 7.98. The Morgan fingerprint density at radius 3 is 2.86 bits per heavy atom. The fourth-order valence-electron chi connectivity index (χ4n) is 1.71. The third-order valence-electron chi connectivity index (χ3n) is 2.45. The monoisotopic (exact) mass is 193 g/mol. The molecule has 1 aromatic rings. The van der Waals surface area contributed by atoms with Gasteiger partial charge in [0.05, 0.1) is 12.4 Å². The molecule has 4 nitrogen and oxygen atoms in total. The fourth-order valence-corrected chi connectivity index (χ4v) is 1.71. The summed E-state index contributed by atoms with van der Waals surface area (Å²) >= 11 is 0. The highest BCUT2D eigenvalue weighted by Gasteiger charge is 2.18. The quantitative estimate of drug-likeness (QED) is 0.685. The zero-order chi connectivity index (χ0) is 9.80. The van der Waals surface area contributed by atoms with Gasteiger partial charge in [-0.05, 0) is 31.7 Å². The standard InChI is InChI=1S/C10H13N2O2/c13-10(12-8-4-7-11-12)14-9-5-2-1-3-6-9/h4,7,9H,1-3,5-6H2. The van der Waals surface area contributed by atoms with Crippen molar-refractivity contribution in [2.24, 2.45) is 0 Å². The average Bonchev–Trinajstić information content (AvgIpc) is 2.72. The molecule has 1 saturated carbocycles. The SMILES string of the molecule is O=C(OC1CCCCC1)n1[c]ccn1. The minimum absolute atomic E-state index is 0.0776. The topological polar surface area (TPSA) is 44.1 Å². The van der Waals surface area contributed by atoms with Crippen LogP contribution < -0.4 is 0 Å². The molecule has 1 aliphatic rings. The van der Waals surface area contributed by atoms with E-state index in [2.05, 4.69) is 11.3 Å². The van der Waals surface area contributed by atoms with Crippen LogP contribution in [0.15, 0.2) is 12.3 Å². The van der Waals surface area contributed by atoms with Crippen LogP contribution in [0.4, 0.5) is 4.79 Å². The lowest BCUT2D eigenvalue weighted by Gasteiger charge is -2.21. The molecule has 2 rings (SSSR count). The predicted octanol–water partition coefficient (Wildman–Crippen LogP) is 2.00. The molecule has 4 heteroatoms. The normalized spacial score (nSPS) is 18.0. The second-order valence-electron chi connectivity index (χ2n) is 3.52. The van der Waals surface area contributed by atoms with Gasteiger partial charge in [0.25, 0.3) is 0 Å². The van der Waals surface area contributed by atoms with E-state index < -0.39 is 6.09 Å². The summed E-state index contributed by atoms with van der Waals surface area (Å²) in [5, 5.41) is 3.77. The van der Waals surface area contributed by atoms with Crippen molar-refractivity contribution in [1.29, 1.82) is 0 Å². The van der Waals surface area contributed by atoms with Crippen LogP contribution in [0.1, 0.15) is 32.1 Å². The van der Waals surface area contributed by atoms with Gasteiger partial charge in [-0.1, -0.05) is 6.42 Å². The van der Waals surface area contributed by atoms with Gasteiger partial charge >= 0.3 is 6.09 Å². The lowest BCUT2D eigenvalue weighted by atomic mass is 9.98. The van der Waals surface area contributed by atoms with Gasteiger partial charge < -0.3 is 4.74 Å². The van der Waals surface area contributed by atoms with E-state index >= 15 is 0 Å². The molecule has 0 saturated heterocycles. The van der Waals surface area contributed by atoms with Gasteiger partial charge in [-0.15, -0.1) is 0 Å². The van der Waals surface area contributed by atoms with Gasteiger partial charge in [0.2, 0.25) is 0 Å². The number of hydrogen-bond donors (Lipinski definition) is 0. The van der Waals surface area contributed by atoms with Crippen LogP contribution in [0.3, 0.4) is 0 Å². The second-order valence-corrected chi connectivity index (χ2v) is 3.52. The molecular formula is C10H13N2O2. The van der Waals surface area contributed by atoms with E-state index in [1.54, 1.807) is 6.07 Å². The Hall–Kier alpha value is -1.32. The predicted molar refractivity (Wildman–Crippen MR) is 49.8 cm³/mol. The number of rotatable bonds is 1. The van der Waals surface area contributed by atoms with E-state index in [0.29, 0.717) is 0 Å². The van der Waals surface area contributed by atoms with Crippen molar-refractivity contribution in [3.05, 3.63) is 18.5 Å². The van der Waals surface area contributed by atoms with Crippen LogP contribution >= 0.6 is 0 Å². The molecule has 0 N–H and O–H groups in total. The van der Waals surface area contributed by atoms with Crippen LogP contribution in [0.25, 0.3) is 0 Å². The summed E-state index contributed by atoms with van der Waals surface area (Å²) in [6.07, 6.45) is 9.35. The van der Waals surface area contributed by atoms with Gasteiger partial charge in [-0.2, -0.15) is 9.78 Å². The molecule has 0 unspecified atom stereocenters. The Labute approximate surface area is 82.9 Å². The minimum atomic E-state index is -0.415. The van der Waals surface area contributed by atoms with Crippen molar-refractivity contribution >= 4 is 6.09 Å². The summed E-state index contributed by atoms with van der Waals surface area (Å²) in [5.74, 6) is 0. The molecule has 1 fully saturated rings. The molecular weight excluding hydrogens is 180 g/mol. The molecule has 0 bridgehead atoms. The largest absolute Gasteiger partial charge is 0.445 e. The van der Waals surface area contributed by atoms with Gasteiger partial charge in [0.15, 0.2) is 0 Å². The van der Waals surface area contributed by atoms with E-state index in [1.165, 1.54) is 12.6 Å². The summed E-state index contributed by atoms with van der Waals surface area (Å²) < 4.78 is 6.37. The maximum atomic E-state index is 11.4. The summed E-state index contributed by atoms with van der Waals surface area (Å²) in [5.41, 5.74) is 0. The maximum Gasteiger partial charge on any atom is 0.435 e. The van der Waals surface area contributed by atoms with Crippen LogP contribution in [-0.4, -0.2) is 22.0 Å². The van der Waals surface area contributed by atoms with Crippen molar-refractivity contribution in [1.82, 2.24) is 9.78 Å². The van der Waals surface area contributed by atoms with Crippen LogP contribution in [0, 0.1) is 6.20 Å². The first-order valence-electron chi connectivity index (χ1n) is 4.99. The minimum Gasteiger partial charge on any atom is -0.445 e. The van der Waals surface area contributed by atoms with E-state index in [-0.39, 0.29) is 6.10 Å². The number of ether oxygens (including phenoxy) is 1. The highest BCUT2D eigenvalue weighted by Crippen LogP contribution is 2.20.